The van der Waals surface area contributed by atoms with E-state index in [0.29, 0.717) is 6.61 Å². The topological polar surface area (TPSA) is 9.23 Å². The van der Waals surface area contributed by atoms with Crippen molar-refractivity contribution in [3.05, 3.63) is 95.5 Å². The summed E-state index contributed by atoms with van der Waals surface area (Å²) in [7, 11) is 0. The van der Waals surface area contributed by atoms with Crippen LogP contribution in [0.5, 0.6) is 5.75 Å². The molecule has 0 saturated heterocycles. The van der Waals surface area contributed by atoms with E-state index in [4.69, 9.17) is 16.3 Å². The van der Waals surface area contributed by atoms with Crippen LogP contribution in [-0.4, -0.2) is 0 Å². The van der Waals surface area contributed by atoms with Crippen LogP contribution in [0.2, 0.25) is 0 Å². The van der Waals surface area contributed by atoms with Gasteiger partial charge in [0.2, 0.25) is 0 Å². The Bertz CT molecular complexity index is 798. The Kier molecular flexibility index (Phi) is 6.00. The average molecular weight is 353 g/mol. The van der Waals surface area contributed by atoms with E-state index in [1.807, 2.05) is 36.4 Å². The third kappa shape index (κ3) is 4.92. The number of ether oxygens (including phenoxy) is 1. The van der Waals surface area contributed by atoms with Crippen molar-refractivity contribution in [1.82, 2.24) is 0 Å². The molecule has 0 fully saturated rings. The van der Waals surface area contributed by atoms with Crippen molar-refractivity contribution in [3.8, 4) is 5.75 Å². The maximum absolute atomic E-state index is 5.88. The van der Waals surface area contributed by atoms with Gasteiger partial charge in [-0.3, -0.25) is 0 Å². The van der Waals surface area contributed by atoms with Crippen molar-refractivity contribution >= 4 is 29.4 Å². The molecule has 0 saturated carbocycles. The predicted octanol–water partition coefficient (Wildman–Crippen LogP) is 6.63. The van der Waals surface area contributed by atoms with E-state index in [9.17, 15) is 0 Å². The Morgan fingerprint density at radius 2 is 1.62 bits per heavy atom. The highest BCUT2D eigenvalue weighted by Gasteiger charge is 2.01. The van der Waals surface area contributed by atoms with E-state index in [1.54, 1.807) is 11.8 Å². The molecule has 0 aromatic heterocycles. The first-order chi connectivity index (χ1) is 11.8. The zero-order valence-corrected chi connectivity index (χ0v) is 14.6. The van der Waals surface area contributed by atoms with Crippen molar-refractivity contribution in [2.24, 2.45) is 0 Å². The standard InChI is InChI=1S/C21H17ClOS/c22-14-13-17-9-11-20(12-10-17)24-21-8-4-7-19(15-21)23-16-18-5-2-1-3-6-18/h1-15H,16H2. The van der Waals surface area contributed by atoms with Crippen LogP contribution in [0.4, 0.5) is 0 Å². The first kappa shape index (κ1) is 16.7. The quantitative estimate of drug-likeness (QED) is 0.492. The van der Waals surface area contributed by atoms with Gasteiger partial charge >= 0.3 is 0 Å². The van der Waals surface area contributed by atoms with Gasteiger partial charge in [-0.1, -0.05) is 71.9 Å². The van der Waals surface area contributed by atoms with Crippen LogP contribution in [0.15, 0.2) is 94.2 Å². The van der Waals surface area contributed by atoms with E-state index < -0.39 is 0 Å². The maximum Gasteiger partial charge on any atom is 0.120 e. The summed E-state index contributed by atoms with van der Waals surface area (Å²) in [5, 5.41) is 0. The summed E-state index contributed by atoms with van der Waals surface area (Å²) < 4.78 is 5.88. The molecule has 0 unspecified atom stereocenters. The van der Waals surface area contributed by atoms with Crippen molar-refractivity contribution in [2.45, 2.75) is 16.4 Å². The van der Waals surface area contributed by atoms with Crippen LogP contribution in [0.3, 0.4) is 0 Å². The molecule has 0 aliphatic heterocycles. The molecule has 3 aromatic carbocycles. The van der Waals surface area contributed by atoms with E-state index in [2.05, 4.69) is 48.5 Å². The lowest BCUT2D eigenvalue weighted by Crippen LogP contribution is -1.94. The van der Waals surface area contributed by atoms with Gasteiger partial charge in [-0.25, -0.2) is 0 Å². The number of hydrogen-bond acceptors (Lipinski definition) is 2. The minimum atomic E-state index is 0.578. The zero-order chi connectivity index (χ0) is 16.6. The summed E-state index contributed by atoms with van der Waals surface area (Å²) in [5.74, 6) is 0.880. The number of rotatable bonds is 6. The van der Waals surface area contributed by atoms with Crippen molar-refractivity contribution in [1.29, 1.82) is 0 Å². The number of hydrogen-bond donors (Lipinski definition) is 0. The van der Waals surface area contributed by atoms with Gasteiger partial charge < -0.3 is 4.74 Å². The molecule has 120 valence electrons. The molecule has 24 heavy (non-hydrogen) atoms. The third-order valence-electron chi connectivity index (χ3n) is 3.43. The fourth-order valence-electron chi connectivity index (χ4n) is 2.22. The molecule has 3 heteroatoms. The minimum Gasteiger partial charge on any atom is -0.489 e. The monoisotopic (exact) mass is 352 g/mol. The predicted molar refractivity (Wildman–Crippen MR) is 103 cm³/mol. The highest BCUT2D eigenvalue weighted by atomic mass is 35.5. The van der Waals surface area contributed by atoms with Crippen LogP contribution in [0, 0.1) is 0 Å². The lowest BCUT2D eigenvalue weighted by molar-refractivity contribution is 0.305. The van der Waals surface area contributed by atoms with E-state index >= 15 is 0 Å². The van der Waals surface area contributed by atoms with Crippen LogP contribution >= 0.6 is 23.4 Å². The van der Waals surface area contributed by atoms with E-state index in [-0.39, 0.29) is 0 Å². The number of halogens is 1. The normalized spacial score (nSPS) is 10.9. The van der Waals surface area contributed by atoms with E-state index in [1.165, 1.54) is 16.0 Å². The average Bonchev–Trinajstić information content (AvgIpc) is 2.63. The summed E-state index contributed by atoms with van der Waals surface area (Å²) in [4.78, 5) is 2.34. The van der Waals surface area contributed by atoms with Crippen LogP contribution in [0.1, 0.15) is 11.1 Å². The first-order valence-corrected chi connectivity index (χ1v) is 8.90. The maximum atomic E-state index is 5.88. The fraction of sp³-hybridized carbons (Fsp3) is 0.0476. The molecular weight excluding hydrogens is 336 g/mol. The Morgan fingerprint density at radius 1 is 0.833 bits per heavy atom. The van der Waals surface area contributed by atoms with E-state index in [0.717, 1.165) is 16.2 Å². The Hall–Kier alpha value is -2.16. The van der Waals surface area contributed by atoms with Gasteiger partial charge in [-0.15, -0.1) is 0 Å². The second kappa shape index (κ2) is 8.62. The summed E-state index contributed by atoms with van der Waals surface area (Å²) in [6, 6.07) is 26.6. The summed E-state index contributed by atoms with van der Waals surface area (Å²) in [5.41, 5.74) is 3.78. The molecule has 0 amide bonds. The van der Waals surface area contributed by atoms with Gasteiger partial charge in [-0.2, -0.15) is 0 Å². The summed E-state index contributed by atoms with van der Waals surface area (Å²) >= 11 is 7.31. The van der Waals surface area contributed by atoms with Crippen molar-refractivity contribution in [3.63, 3.8) is 0 Å². The van der Waals surface area contributed by atoms with Crippen LogP contribution < -0.4 is 4.74 Å². The van der Waals surface area contributed by atoms with Crippen molar-refractivity contribution in [2.75, 3.05) is 0 Å². The molecule has 0 radical (unpaired) electrons. The molecule has 3 aromatic rings. The van der Waals surface area contributed by atoms with Crippen molar-refractivity contribution < 1.29 is 4.74 Å². The molecular formula is C21H17ClOS. The molecule has 0 aliphatic carbocycles. The zero-order valence-electron chi connectivity index (χ0n) is 13.1. The smallest absolute Gasteiger partial charge is 0.120 e. The van der Waals surface area contributed by atoms with Gasteiger partial charge in [0.05, 0.1) is 0 Å². The van der Waals surface area contributed by atoms with Crippen LogP contribution in [0.25, 0.3) is 6.08 Å². The molecule has 0 N–H and O–H groups in total. The highest BCUT2D eigenvalue weighted by molar-refractivity contribution is 7.99. The fourth-order valence-corrected chi connectivity index (χ4v) is 3.24. The minimum absolute atomic E-state index is 0.578. The Balaban J connectivity index is 1.64. The lowest BCUT2D eigenvalue weighted by atomic mass is 10.2. The number of benzene rings is 3. The van der Waals surface area contributed by atoms with Gasteiger partial charge in [0.1, 0.15) is 12.4 Å². The second-order valence-corrected chi connectivity index (χ2v) is 6.61. The largest absolute Gasteiger partial charge is 0.489 e. The second-order valence-electron chi connectivity index (χ2n) is 5.21. The highest BCUT2D eigenvalue weighted by Crippen LogP contribution is 2.30. The molecule has 0 bridgehead atoms. The Morgan fingerprint density at radius 3 is 2.38 bits per heavy atom. The van der Waals surface area contributed by atoms with Gasteiger partial charge in [0, 0.05) is 15.3 Å². The lowest BCUT2D eigenvalue weighted by Gasteiger charge is -2.08. The van der Waals surface area contributed by atoms with Gasteiger partial charge in [-0.05, 0) is 47.5 Å². The molecule has 0 spiro atoms. The molecule has 0 aliphatic rings. The first-order valence-electron chi connectivity index (χ1n) is 7.65. The Labute approximate surface area is 151 Å². The SMILES string of the molecule is ClC=Cc1ccc(Sc2cccc(OCc3ccccc3)c2)cc1. The molecule has 0 atom stereocenters. The van der Waals surface area contributed by atoms with Crippen LogP contribution in [-0.2, 0) is 6.61 Å². The third-order valence-corrected chi connectivity index (χ3v) is 4.55. The molecule has 1 nitrogen and oxygen atoms in total. The summed E-state index contributed by atoms with van der Waals surface area (Å²) in [6.07, 6.45) is 1.87. The molecule has 0 heterocycles. The molecule has 3 rings (SSSR count). The van der Waals surface area contributed by atoms with Gasteiger partial charge in [0.15, 0.2) is 0 Å². The summed E-state index contributed by atoms with van der Waals surface area (Å²) in [6.45, 7) is 0.578. The van der Waals surface area contributed by atoms with Gasteiger partial charge in [0.25, 0.3) is 0 Å².